The van der Waals surface area contributed by atoms with Gasteiger partial charge >= 0.3 is 0 Å². The van der Waals surface area contributed by atoms with Crippen LogP contribution in [0.1, 0.15) is 78.4 Å². The molecule has 0 aliphatic heterocycles. The number of allylic oxidation sites excluding steroid dienone is 2. The molecule has 0 spiro atoms. The summed E-state index contributed by atoms with van der Waals surface area (Å²) in [7, 11) is 0. The fourth-order valence-corrected chi connectivity index (χ4v) is 8.26. The van der Waals surface area contributed by atoms with Crippen molar-refractivity contribution in [3.63, 3.8) is 0 Å². The Bertz CT molecular complexity index is 2170. The van der Waals surface area contributed by atoms with Gasteiger partial charge in [-0.25, -0.2) is 0 Å². The maximum absolute atomic E-state index is 12.2. The zero-order valence-electron chi connectivity index (χ0n) is 30.6. The first-order valence-electron chi connectivity index (χ1n) is 18.1. The molecule has 4 aromatic carbocycles. The first-order valence-corrected chi connectivity index (χ1v) is 18.9. The number of aryl methyl sites for hydroxylation is 2. The van der Waals surface area contributed by atoms with Crippen molar-refractivity contribution in [2.45, 2.75) is 80.1 Å². The number of benzene rings is 4. The molecule has 0 atom stereocenters. The molecule has 1 aliphatic rings. The number of hydrogen-bond acceptors (Lipinski definition) is 4. The first-order chi connectivity index (χ1) is 24.2. The fourth-order valence-electron chi connectivity index (χ4n) is 6.85. The van der Waals surface area contributed by atoms with Crippen LogP contribution in [-0.2, 0) is 37.7 Å². The predicted octanol–water partition coefficient (Wildman–Crippen LogP) is 13.0. The molecule has 7 rings (SSSR count). The van der Waals surface area contributed by atoms with E-state index in [-0.39, 0.29) is 42.5 Å². The van der Waals surface area contributed by atoms with Gasteiger partial charge in [-0.1, -0.05) is 131 Å². The Balaban J connectivity index is 0.000000242. The maximum Gasteiger partial charge on any atom is 0.164 e. The first kappa shape index (κ1) is 38.3. The van der Waals surface area contributed by atoms with Gasteiger partial charge in [-0.3, -0.25) is 9.78 Å². The zero-order valence-corrected chi connectivity index (χ0v) is 33.8. The Kier molecular flexibility index (Phi) is 12.2. The third-order valence-corrected chi connectivity index (χ3v) is 12.6. The number of rotatable bonds is 9. The number of fused-ring (bicyclic) bond motifs is 6. The van der Waals surface area contributed by atoms with E-state index in [4.69, 9.17) is 4.98 Å². The molecule has 0 amide bonds. The van der Waals surface area contributed by atoms with Crippen LogP contribution in [0.4, 0.5) is 0 Å². The number of hydrogen-bond donors (Lipinski definition) is 1. The summed E-state index contributed by atoms with van der Waals surface area (Å²) in [6.45, 7) is 12.1. The van der Waals surface area contributed by atoms with Crippen molar-refractivity contribution >= 4 is 38.0 Å². The number of nitrogens with zero attached hydrogens (tertiary/aromatic N) is 1. The molecule has 0 saturated heterocycles. The summed E-state index contributed by atoms with van der Waals surface area (Å²) in [6.07, 6.45) is 8.92. The van der Waals surface area contributed by atoms with E-state index in [1.807, 2.05) is 59.1 Å². The van der Waals surface area contributed by atoms with Crippen LogP contribution in [0.25, 0.3) is 53.7 Å². The van der Waals surface area contributed by atoms with Gasteiger partial charge < -0.3 is 5.11 Å². The van der Waals surface area contributed by atoms with Crippen molar-refractivity contribution in [2.24, 2.45) is 10.8 Å². The van der Waals surface area contributed by atoms with Crippen LogP contribution in [-0.4, -0.2) is 15.9 Å². The Labute approximate surface area is 321 Å². The van der Waals surface area contributed by atoms with Gasteiger partial charge in [0, 0.05) is 58.5 Å². The van der Waals surface area contributed by atoms with E-state index in [1.165, 1.54) is 54.2 Å². The molecule has 1 aliphatic carbocycles. The topological polar surface area (TPSA) is 50.2 Å². The molecule has 3 nitrogen and oxygen atoms in total. The van der Waals surface area contributed by atoms with Crippen molar-refractivity contribution in [1.82, 2.24) is 4.98 Å². The fraction of sp³-hybridized carbons (Fsp3) is 0.304. The number of ketones is 1. The van der Waals surface area contributed by atoms with E-state index < -0.39 is 0 Å². The van der Waals surface area contributed by atoms with Crippen LogP contribution in [0.3, 0.4) is 0 Å². The van der Waals surface area contributed by atoms with Crippen molar-refractivity contribution in [3.8, 4) is 32.8 Å². The predicted molar refractivity (Wildman–Crippen MR) is 213 cm³/mol. The van der Waals surface area contributed by atoms with Gasteiger partial charge in [-0.2, -0.15) is 0 Å². The Morgan fingerprint density at radius 1 is 0.804 bits per heavy atom. The molecule has 0 unspecified atom stereocenters. The van der Waals surface area contributed by atoms with Crippen molar-refractivity contribution < 1.29 is 30.0 Å². The number of aliphatic hydroxyl groups is 1. The minimum absolute atomic E-state index is 0. The summed E-state index contributed by atoms with van der Waals surface area (Å²) in [5.41, 5.74) is 8.25. The molecule has 2 aromatic heterocycles. The van der Waals surface area contributed by atoms with E-state index in [2.05, 4.69) is 97.1 Å². The monoisotopic (exact) mass is 871 g/mol. The summed E-state index contributed by atoms with van der Waals surface area (Å²) in [4.78, 5) is 18.5. The summed E-state index contributed by atoms with van der Waals surface area (Å²) in [5, 5.41) is 13.8. The molecule has 0 bridgehead atoms. The van der Waals surface area contributed by atoms with Gasteiger partial charge in [0.1, 0.15) is 5.76 Å². The molecule has 2 heterocycles. The largest absolute Gasteiger partial charge is 0.512 e. The van der Waals surface area contributed by atoms with Crippen LogP contribution in [0.2, 0.25) is 0 Å². The molecule has 6 aromatic rings. The molecule has 51 heavy (non-hydrogen) atoms. The average molecular weight is 871 g/mol. The van der Waals surface area contributed by atoms with Gasteiger partial charge in [0.2, 0.25) is 0 Å². The minimum Gasteiger partial charge on any atom is -0.512 e. The van der Waals surface area contributed by atoms with E-state index in [0.29, 0.717) is 0 Å². The smallest absolute Gasteiger partial charge is 0.164 e. The third-order valence-electron chi connectivity index (χ3n) is 11.3. The number of pyridine rings is 1. The summed E-state index contributed by atoms with van der Waals surface area (Å²) in [5.74, 6) is 0.286. The molecule has 0 fully saturated rings. The van der Waals surface area contributed by atoms with Crippen LogP contribution >= 0.6 is 11.3 Å². The van der Waals surface area contributed by atoms with Crippen molar-refractivity contribution in [2.75, 3.05) is 0 Å². The molecule has 5 heteroatoms. The molecule has 0 saturated carbocycles. The summed E-state index contributed by atoms with van der Waals surface area (Å²) < 4.78 is 1.27. The van der Waals surface area contributed by atoms with Crippen molar-refractivity contribution in [1.29, 1.82) is 0 Å². The van der Waals surface area contributed by atoms with Gasteiger partial charge in [-0.15, -0.1) is 34.9 Å². The maximum atomic E-state index is 12.2. The van der Waals surface area contributed by atoms with Gasteiger partial charge in [0.15, 0.2) is 5.78 Å². The zero-order chi connectivity index (χ0) is 35.5. The van der Waals surface area contributed by atoms with E-state index >= 15 is 0 Å². The second-order valence-electron chi connectivity index (χ2n) is 14.0. The van der Waals surface area contributed by atoms with Crippen LogP contribution in [0.5, 0.6) is 0 Å². The van der Waals surface area contributed by atoms with Gasteiger partial charge in [-0.05, 0) is 72.2 Å². The Morgan fingerprint density at radius 2 is 1.45 bits per heavy atom. The minimum atomic E-state index is -0.337. The number of thiophene rings is 1. The number of aliphatic hydroxyl groups excluding tert-OH is 1. The van der Waals surface area contributed by atoms with Gasteiger partial charge in [0.05, 0.1) is 0 Å². The summed E-state index contributed by atoms with van der Waals surface area (Å²) in [6, 6.07) is 36.2. The number of carbonyl (C=O) groups excluding carboxylic acids is 1. The van der Waals surface area contributed by atoms with Gasteiger partial charge in [0.25, 0.3) is 0 Å². The number of carbonyl (C=O) groups is 1. The third kappa shape index (κ3) is 7.54. The second kappa shape index (κ2) is 16.2. The molecular formula is C46H48IrNO2S-. The van der Waals surface area contributed by atoms with E-state index in [9.17, 15) is 9.90 Å². The quantitative estimate of drug-likeness (QED) is 0.0895. The second-order valence-corrected chi connectivity index (χ2v) is 15.1. The van der Waals surface area contributed by atoms with Crippen molar-refractivity contribution in [3.05, 3.63) is 126 Å². The molecular weight excluding hydrogens is 823 g/mol. The Morgan fingerprint density at radius 3 is 2.16 bits per heavy atom. The van der Waals surface area contributed by atoms with E-state index in [1.54, 1.807) is 0 Å². The number of aromatic nitrogens is 1. The standard InChI is InChI=1S/C31H20NS.C15H28O2.Ir/c1-2-8-20(9-3-1)28-19-23(18-22-11-5-6-12-24(22)28)29-31-27(16-17-32-29)26-15-14-21-10-4-7-13-25(21)30(26)33-31;1-7-14(5,8-2)12(16)11-13(17)15(6,9-3)10-4;/h1-13,16-17,19H,14-15H2;11,16H,7-10H2,1-6H3;/q-1;;/b;12-11-;. The average Bonchev–Trinajstić information content (AvgIpc) is 3.57. The Hall–Kier alpha value is -3.89. The SMILES string of the molecule is CCC(C)(CC)C(=O)/C=C(\O)C(C)(CC)CC.[Ir].[c-]1c(-c2nccc3c4c(sc23)-c2ccccc2CC4)cc(-c2ccccc2)c2ccccc12. The van der Waals surface area contributed by atoms with E-state index in [0.717, 1.165) is 55.2 Å². The molecule has 265 valence electrons. The molecule has 1 radical (unpaired) electrons. The summed E-state index contributed by atoms with van der Waals surface area (Å²) >= 11 is 1.89. The normalized spacial score (nSPS) is 12.8. The van der Waals surface area contributed by atoms with Crippen LogP contribution in [0, 0.1) is 16.9 Å². The molecule has 1 N–H and O–H groups in total. The van der Waals surface area contributed by atoms with Crippen LogP contribution in [0.15, 0.2) is 109 Å². The van der Waals surface area contributed by atoms with Crippen LogP contribution < -0.4 is 0 Å².